The van der Waals surface area contributed by atoms with Crippen molar-refractivity contribution >= 4 is 15.7 Å². The second-order valence-corrected chi connectivity index (χ2v) is 6.48. The molecule has 0 aromatic heterocycles. The Morgan fingerprint density at radius 2 is 1.93 bits per heavy atom. The number of carbonyl (C=O) groups is 1. The van der Waals surface area contributed by atoms with E-state index in [4.69, 9.17) is 5.26 Å². The minimum atomic E-state index is -3.45. The van der Waals surface area contributed by atoms with E-state index in [0.717, 1.165) is 6.26 Å². The second-order valence-electron chi connectivity index (χ2n) is 3.92. The average molecular weight is 232 g/mol. The van der Waals surface area contributed by atoms with Gasteiger partial charge in [-0.1, -0.05) is 0 Å². The topological polar surface area (TPSA) is 78.2 Å². The van der Waals surface area contributed by atoms with Gasteiger partial charge in [0.2, 0.25) is 5.91 Å². The van der Waals surface area contributed by atoms with Crippen molar-refractivity contribution in [3.8, 4) is 6.07 Å². The van der Waals surface area contributed by atoms with E-state index < -0.39 is 20.5 Å². The van der Waals surface area contributed by atoms with Gasteiger partial charge in [-0.3, -0.25) is 4.79 Å². The number of hydrogen-bond acceptors (Lipinski definition) is 4. The van der Waals surface area contributed by atoms with E-state index in [0.29, 0.717) is 0 Å². The van der Waals surface area contributed by atoms with Crippen molar-refractivity contribution < 1.29 is 13.2 Å². The molecule has 0 rings (SSSR count). The molecule has 0 fully saturated rings. The lowest BCUT2D eigenvalue weighted by atomic mass is 10.2. The molecule has 0 spiro atoms. The van der Waals surface area contributed by atoms with Gasteiger partial charge in [-0.25, -0.2) is 8.42 Å². The van der Waals surface area contributed by atoms with Crippen molar-refractivity contribution in [3.63, 3.8) is 0 Å². The van der Waals surface area contributed by atoms with Crippen LogP contribution in [0.1, 0.15) is 20.3 Å². The highest BCUT2D eigenvalue weighted by Gasteiger charge is 2.40. The van der Waals surface area contributed by atoms with E-state index in [1.807, 2.05) is 6.07 Å². The van der Waals surface area contributed by atoms with Gasteiger partial charge >= 0.3 is 0 Å². The van der Waals surface area contributed by atoms with Crippen molar-refractivity contribution in [2.24, 2.45) is 0 Å². The first kappa shape index (κ1) is 13.9. The minimum absolute atomic E-state index is 0.197. The van der Waals surface area contributed by atoms with Crippen LogP contribution in [0.2, 0.25) is 0 Å². The lowest BCUT2D eigenvalue weighted by Crippen LogP contribution is -2.48. The fourth-order valence-corrected chi connectivity index (χ4v) is 1.41. The zero-order chi connectivity index (χ0) is 12.3. The summed E-state index contributed by atoms with van der Waals surface area (Å²) in [7, 11) is -1.95. The van der Waals surface area contributed by atoms with Crippen LogP contribution in [0.4, 0.5) is 0 Å². The SMILES string of the molecule is CN(CCC#N)C(=O)C(C)(C)S(C)(=O)=O. The fraction of sp³-hybridized carbons (Fsp3) is 0.778. The molecule has 0 saturated heterocycles. The van der Waals surface area contributed by atoms with Crippen molar-refractivity contribution in [3.05, 3.63) is 0 Å². The molecule has 0 aliphatic heterocycles. The molecule has 15 heavy (non-hydrogen) atoms. The predicted molar refractivity (Wildman–Crippen MR) is 56.8 cm³/mol. The number of nitrogens with zero attached hydrogens (tertiary/aromatic N) is 2. The van der Waals surface area contributed by atoms with Crippen LogP contribution in [0.5, 0.6) is 0 Å². The largest absolute Gasteiger partial charge is 0.343 e. The maximum Gasteiger partial charge on any atom is 0.243 e. The van der Waals surface area contributed by atoms with Gasteiger partial charge in [0.05, 0.1) is 12.5 Å². The Labute approximate surface area is 90.6 Å². The number of hydrogen-bond donors (Lipinski definition) is 0. The minimum Gasteiger partial charge on any atom is -0.343 e. The highest BCUT2D eigenvalue weighted by molar-refractivity contribution is 7.92. The molecule has 0 atom stereocenters. The van der Waals surface area contributed by atoms with E-state index in [1.54, 1.807) is 0 Å². The summed E-state index contributed by atoms with van der Waals surface area (Å²) in [5.74, 6) is -0.486. The average Bonchev–Trinajstić information content (AvgIpc) is 2.10. The lowest BCUT2D eigenvalue weighted by Gasteiger charge is -2.27. The molecule has 0 N–H and O–H groups in total. The molecule has 86 valence electrons. The van der Waals surface area contributed by atoms with Crippen molar-refractivity contribution in [1.29, 1.82) is 5.26 Å². The number of sulfone groups is 1. The highest BCUT2D eigenvalue weighted by Crippen LogP contribution is 2.17. The molecule has 0 radical (unpaired) electrons. The van der Waals surface area contributed by atoms with Gasteiger partial charge < -0.3 is 4.90 Å². The van der Waals surface area contributed by atoms with Crippen LogP contribution in [0, 0.1) is 11.3 Å². The molecule has 0 saturated carbocycles. The molecule has 0 aliphatic carbocycles. The standard InChI is InChI=1S/C9H16N2O3S/c1-9(2,15(4,13)14)8(12)11(3)7-5-6-10/h5,7H2,1-4H3. The summed E-state index contributed by atoms with van der Waals surface area (Å²) in [4.78, 5) is 13.0. The van der Waals surface area contributed by atoms with Crippen molar-refractivity contribution in [2.75, 3.05) is 19.8 Å². The smallest absolute Gasteiger partial charge is 0.243 e. The second kappa shape index (κ2) is 4.62. The van der Waals surface area contributed by atoms with Gasteiger partial charge in [0, 0.05) is 19.8 Å². The van der Waals surface area contributed by atoms with Gasteiger partial charge in [-0.15, -0.1) is 0 Å². The monoisotopic (exact) mass is 232 g/mol. The summed E-state index contributed by atoms with van der Waals surface area (Å²) in [5.41, 5.74) is 0. The Hall–Kier alpha value is -1.09. The summed E-state index contributed by atoms with van der Waals surface area (Å²) < 4.78 is 21.3. The molecule has 6 heteroatoms. The molecule has 1 amide bonds. The van der Waals surface area contributed by atoms with Gasteiger partial charge in [-0.05, 0) is 13.8 Å². The van der Waals surface area contributed by atoms with Crippen LogP contribution in [0.25, 0.3) is 0 Å². The van der Waals surface area contributed by atoms with Gasteiger partial charge in [0.1, 0.15) is 4.75 Å². The molecule has 0 aliphatic rings. The van der Waals surface area contributed by atoms with Crippen LogP contribution in [-0.2, 0) is 14.6 Å². The number of carbonyl (C=O) groups excluding carboxylic acids is 1. The number of amides is 1. The van der Waals surface area contributed by atoms with Crippen molar-refractivity contribution in [2.45, 2.75) is 25.0 Å². The Morgan fingerprint density at radius 1 is 1.47 bits per heavy atom. The summed E-state index contributed by atoms with van der Waals surface area (Å²) in [6.45, 7) is 2.98. The zero-order valence-electron chi connectivity index (χ0n) is 9.44. The normalized spacial score (nSPS) is 11.9. The van der Waals surface area contributed by atoms with E-state index in [1.165, 1.54) is 25.8 Å². The van der Waals surface area contributed by atoms with Crippen molar-refractivity contribution in [1.82, 2.24) is 4.90 Å². The number of nitriles is 1. The van der Waals surface area contributed by atoms with E-state index >= 15 is 0 Å². The maximum atomic E-state index is 11.8. The Balaban J connectivity index is 4.80. The van der Waals surface area contributed by atoms with E-state index in [2.05, 4.69) is 0 Å². The fourth-order valence-electron chi connectivity index (χ4n) is 0.937. The molecule has 0 bridgehead atoms. The third kappa shape index (κ3) is 3.20. The summed E-state index contributed by atoms with van der Waals surface area (Å²) in [6, 6.07) is 1.90. The number of rotatable bonds is 4. The van der Waals surface area contributed by atoms with Gasteiger partial charge in [0.25, 0.3) is 0 Å². The molecule has 0 heterocycles. The molecule has 0 unspecified atom stereocenters. The molecular formula is C9H16N2O3S. The first-order valence-electron chi connectivity index (χ1n) is 4.46. The summed E-state index contributed by atoms with van der Waals surface area (Å²) in [6.07, 6.45) is 1.23. The first-order valence-corrected chi connectivity index (χ1v) is 6.36. The van der Waals surface area contributed by atoms with Gasteiger partial charge in [0.15, 0.2) is 9.84 Å². The Morgan fingerprint density at radius 3 is 2.27 bits per heavy atom. The molecule has 0 aromatic carbocycles. The zero-order valence-corrected chi connectivity index (χ0v) is 10.3. The van der Waals surface area contributed by atoms with Crippen LogP contribution in [-0.4, -0.2) is 43.8 Å². The van der Waals surface area contributed by atoms with Crippen LogP contribution in [0.15, 0.2) is 0 Å². The van der Waals surface area contributed by atoms with E-state index in [-0.39, 0.29) is 13.0 Å². The predicted octanol–water partition coefficient (Wildman–Crippen LogP) is 0.182. The lowest BCUT2D eigenvalue weighted by molar-refractivity contribution is -0.131. The Bertz CT molecular complexity index is 379. The van der Waals surface area contributed by atoms with Crippen LogP contribution >= 0.6 is 0 Å². The third-order valence-corrected chi connectivity index (χ3v) is 4.38. The third-order valence-electron chi connectivity index (χ3n) is 2.35. The quantitative estimate of drug-likeness (QED) is 0.692. The molecular weight excluding hydrogens is 216 g/mol. The van der Waals surface area contributed by atoms with E-state index in [9.17, 15) is 13.2 Å². The maximum absolute atomic E-state index is 11.8. The Kier molecular flexibility index (Phi) is 4.28. The molecule has 5 nitrogen and oxygen atoms in total. The summed E-state index contributed by atoms with van der Waals surface area (Å²) in [5, 5.41) is 8.35. The van der Waals surface area contributed by atoms with Gasteiger partial charge in [-0.2, -0.15) is 5.26 Å². The highest BCUT2D eigenvalue weighted by atomic mass is 32.2. The first-order chi connectivity index (χ1) is 6.64. The van der Waals surface area contributed by atoms with Crippen LogP contribution in [0.3, 0.4) is 0 Å². The molecule has 0 aromatic rings. The summed E-state index contributed by atoms with van der Waals surface area (Å²) >= 11 is 0. The van der Waals surface area contributed by atoms with Crippen LogP contribution < -0.4 is 0 Å².